The van der Waals surface area contributed by atoms with Crippen LogP contribution >= 0.6 is 0 Å². The molecular weight excluding hydrogens is 265 g/mol. The summed E-state index contributed by atoms with van der Waals surface area (Å²) in [5.41, 5.74) is 3.69. The highest BCUT2D eigenvalue weighted by Gasteiger charge is 2.10. The number of hydrogen-bond acceptors (Lipinski definition) is 2. The molecule has 0 aliphatic heterocycles. The van der Waals surface area contributed by atoms with Gasteiger partial charge in [0.2, 0.25) is 0 Å². The number of aromatic nitrogens is 3. The van der Waals surface area contributed by atoms with Crippen molar-refractivity contribution in [3.63, 3.8) is 0 Å². The highest BCUT2D eigenvalue weighted by atomic mass is 19.1. The molecule has 0 N–H and O–H groups in total. The van der Waals surface area contributed by atoms with Crippen LogP contribution < -0.4 is 0 Å². The molecule has 2 aromatic carbocycles. The highest BCUT2D eigenvalue weighted by molar-refractivity contribution is 5.96. The van der Waals surface area contributed by atoms with Crippen molar-refractivity contribution in [1.82, 2.24) is 14.8 Å². The van der Waals surface area contributed by atoms with Gasteiger partial charge in [0.15, 0.2) is 0 Å². The molecule has 4 rings (SSSR count). The lowest BCUT2D eigenvalue weighted by molar-refractivity contribution is 0.639. The minimum Gasteiger partial charge on any atom is -0.268 e. The van der Waals surface area contributed by atoms with E-state index in [-0.39, 0.29) is 5.82 Å². The maximum absolute atomic E-state index is 13.9. The number of benzene rings is 2. The van der Waals surface area contributed by atoms with Crippen LogP contribution in [0.3, 0.4) is 0 Å². The lowest BCUT2D eigenvalue weighted by Crippen LogP contribution is -1.89. The summed E-state index contributed by atoms with van der Waals surface area (Å²) in [6.45, 7) is 0. The van der Waals surface area contributed by atoms with Crippen molar-refractivity contribution >= 4 is 21.8 Å². The first-order chi connectivity index (χ1) is 10.2. The largest absolute Gasteiger partial charge is 0.268 e. The number of rotatable bonds is 1. The van der Waals surface area contributed by atoms with Gasteiger partial charge in [-0.25, -0.2) is 4.39 Å². The number of aryl methyl sites for hydroxylation is 1. The first kappa shape index (κ1) is 12.0. The van der Waals surface area contributed by atoms with Gasteiger partial charge in [-0.05, 0) is 42.0 Å². The molecule has 0 unspecified atom stereocenters. The Morgan fingerprint density at radius 3 is 2.90 bits per heavy atom. The topological polar surface area (TPSA) is 30.7 Å². The van der Waals surface area contributed by atoms with Crippen LogP contribution in [-0.4, -0.2) is 14.8 Å². The first-order valence-corrected chi connectivity index (χ1v) is 6.69. The van der Waals surface area contributed by atoms with Crippen LogP contribution in [0.5, 0.6) is 0 Å². The number of hydrogen-bond donors (Lipinski definition) is 0. The van der Waals surface area contributed by atoms with Crippen LogP contribution in [0.2, 0.25) is 0 Å². The Morgan fingerprint density at radius 2 is 2.00 bits per heavy atom. The number of pyridine rings is 1. The normalized spacial score (nSPS) is 11.3. The van der Waals surface area contributed by atoms with E-state index < -0.39 is 0 Å². The van der Waals surface area contributed by atoms with Gasteiger partial charge in [-0.15, -0.1) is 0 Å². The minimum atomic E-state index is -0.246. The van der Waals surface area contributed by atoms with Crippen LogP contribution in [0.1, 0.15) is 0 Å². The van der Waals surface area contributed by atoms with Crippen molar-refractivity contribution in [3.8, 4) is 11.1 Å². The summed E-state index contributed by atoms with van der Waals surface area (Å²) in [6, 6.07) is 12.9. The molecule has 0 fully saturated rings. The second kappa shape index (κ2) is 4.38. The maximum atomic E-state index is 13.9. The molecule has 0 spiro atoms. The van der Waals surface area contributed by atoms with Gasteiger partial charge in [-0.1, -0.05) is 6.07 Å². The van der Waals surface area contributed by atoms with E-state index in [1.165, 1.54) is 6.07 Å². The molecule has 0 atom stereocenters. The smallest absolute Gasteiger partial charge is 0.132 e. The summed E-state index contributed by atoms with van der Waals surface area (Å²) >= 11 is 0. The van der Waals surface area contributed by atoms with E-state index in [0.29, 0.717) is 10.9 Å². The summed E-state index contributed by atoms with van der Waals surface area (Å²) in [5, 5.41) is 5.85. The molecule has 3 nitrogen and oxygen atoms in total. The van der Waals surface area contributed by atoms with E-state index in [4.69, 9.17) is 0 Å². The van der Waals surface area contributed by atoms with E-state index in [1.807, 2.05) is 30.1 Å². The fourth-order valence-electron chi connectivity index (χ4n) is 2.70. The number of fused-ring (bicyclic) bond motifs is 2. The number of halogens is 1. The summed E-state index contributed by atoms with van der Waals surface area (Å²) in [4.78, 5) is 4.34. The van der Waals surface area contributed by atoms with Crippen LogP contribution in [-0.2, 0) is 7.05 Å². The zero-order valence-corrected chi connectivity index (χ0v) is 11.4. The molecule has 0 saturated carbocycles. The van der Waals surface area contributed by atoms with Gasteiger partial charge in [0.25, 0.3) is 0 Å². The second-order valence-electron chi connectivity index (χ2n) is 5.04. The summed E-state index contributed by atoms with van der Waals surface area (Å²) in [7, 11) is 1.91. The van der Waals surface area contributed by atoms with Gasteiger partial charge in [0.05, 0.1) is 17.2 Å². The Bertz CT molecular complexity index is 972. The van der Waals surface area contributed by atoms with Crippen LogP contribution in [0.25, 0.3) is 32.9 Å². The zero-order valence-electron chi connectivity index (χ0n) is 11.4. The third-order valence-corrected chi connectivity index (χ3v) is 3.77. The Hall–Kier alpha value is -2.75. The molecule has 102 valence electrons. The van der Waals surface area contributed by atoms with Crippen molar-refractivity contribution < 1.29 is 4.39 Å². The van der Waals surface area contributed by atoms with Crippen LogP contribution in [0.4, 0.5) is 4.39 Å². The lowest BCUT2D eigenvalue weighted by atomic mass is 10.0. The van der Waals surface area contributed by atoms with Crippen molar-refractivity contribution in [2.24, 2.45) is 7.05 Å². The Labute approximate surface area is 120 Å². The molecule has 4 heteroatoms. The molecular formula is C17H12FN3. The van der Waals surface area contributed by atoms with Crippen molar-refractivity contribution in [3.05, 3.63) is 60.7 Å². The average molecular weight is 277 g/mol. The molecule has 0 aliphatic carbocycles. The molecule has 0 amide bonds. The molecule has 0 aliphatic rings. The highest BCUT2D eigenvalue weighted by Crippen LogP contribution is 2.30. The van der Waals surface area contributed by atoms with Gasteiger partial charge >= 0.3 is 0 Å². The molecule has 0 radical (unpaired) electrons. The Morgan fingerprint density at radius 1 is 1.10 bits per heavy atom. The summed E-state index contributed by atoms with van der Waals surface area (Å²) in [5.74, 6) is -0.246. The standard InChI is InChI=1S/C17H12FN3/c1-21-16-7-4-11(9-12(16)10-20-21)13-5-6-15(18)14-3-2-8-19-17(13)14/h2-10H,1H3. The van der Waals surface area contributed by atoms with Crippen LogP contribution in [0, 0.1) is 5.82 Å². The van der Waals surface area contributed by atoms with E-state index in [0.717, 1.165) is 22.0 Å². The van der Waals surface area contributed by atoms with E-state index in [9.17, 15) is 4.39 Å². The summed E-state index contributed by atoms with van der Waals surface area (Å²) < 4.78 is 15.7. The van der Waals surface area contributed by atoms with Gasteiger partial charge in [-0.3, -0.25) is 9.67 Å². The average Bonchev–Trinajstić information content (AvgIpc) is 2.89. The fourth-order valence-corrected chi connectivity index (χ4v) is 2.70. The van der Waals surface area contributed by atoms with Gasteiger partial charge in [-0.2, -0.15) is 5.10 Å². The third kappa shape index (κ3) is 1.80. The van der Waals surface area contributed by atoms with Crippen molar-refractivity contribution in [1.29, 1.82) is 0 Å². The van der Waals surface area contributed by atoms with Gasteiger partial charge < -0.3 is 0 Å². The first-order valence-electron chi connectivity index (χ1n) is 6.69. The van der Waals surface area contributed by atoms with E-state index >= 15 is 0 Å². The molecule has 0 saturated heterocycles. The van der Waals surface area contributed by atoms with Gasteiger partial charge in [0.1, 0.15) is 5.82 Å². The zero-order chi connectivity index (χ0) is 14.4. The monoisotopic (exact) mass is 277 g/mol. The Balaban J connectivity index is 2.02. The quantitative estimate of drug-likeness (QED) is 0.528. The van der Waals surface area contributed by atoms with Crippen LogP contribution in [0.15, 0.2) is 54.9 Å². The predicted octanol–water partition coefficient (Wildman–Crippen LogP) is 3.93. The van der Waals surface area contributed by atoms with E-state index in [2.05, 4.69) is 16.1 Å². The maximum Gasteiger partial charge on any atom is 0.132 e. The lowest BCUT2D eigenvalue weighted by Gasteiger charge is -2.07. The number of nitrogens with zero attached hydrogens (tertiary/aromatic N) is 3. The Kier molecular flexibility index (Phi) is 2.51. The molecule has 2 aromatic heterocycles. The molecule has 2 heterocycles. The molecule has 0 bridgehead atoms. The molecule has 4 aromatic rings. The summed E-state index contributed by atoms with van der Waals surface area (Å²) in [6.07, 6.45) is 3.52. The fraction of sp³-hybridized carbons (Fsp3) is 0.0588. The minimum absolute atomic E-state index is 0.246. The second-order valence-corrected chi connectivity index (χ2v) is 5.04. The predicted molar refractivity (Wildman–Crippen MR) is 81.4 cm³/mol. The molecule has 21 heavy (non-hydrogen) atoms. The SMILES string of the molecule is Cn1ncc2cc(-c3ccc(F)c4cccnc34)ccc21. The van der Waals surface area contributed by atoms with E-state index in [1.54, 1.807) is 24.4 Å². The third-order valence-electron chi connectivity index (χ3n) is 3.77. The van der Waals surface area contributed by atoms with Crippen molar-refractivity contribution in [2.75, 3.05) is 0 Å². The van der Waals surface area contributed by atoms with Crippen molar-refractivity contribution in [2.45, 2.75) is 0 Å². The van der Waals surface area contributed by atoms with Gasteiger partial charge in [0, 0.05) is 29.6 Å².